The zero-order valence-electron chi connectivity index (χ0n) is 10.4. The lowest BCUT2D eigenvalue weighted by Gasteiger charge is -2.13. The Kier molecular flexibility index (Phi) is 4.75. The van der Waals surface area contributed by atoms with E-state index in [2.05, 4.69) is 21.0 Å². The number of benzene rings is 1. The van der Waals surface area contributed by atoms with Crippen LogP contribution in [-0.2, 0) is 12.6 Å². The number of nitrogens with two attached hydrogens (primary N) is 1. The van der Waals surface area contributed by atoms with E-state index in [0.717, 1.165) is 12.1 Å². The molecule has 114 valence electrons. The summed E-state index contributed by atoms with van der Waals surface area (Å²) in [5.74, 6) is 0.245. The number of alkyl halides is 4. The van der Waals surface area contributed by atoms with Crippen molar-refractivity contribution >= 4 is 44.9 Å². The maximum absolute atomic E-state index is 12.7. The van der Waals surface area contributed by atoms with Crippen LogP contribution in [0, 0.1) is 0 Å². The maximum Gasteiger partial charge on any atom is 0.416 e. The number of rotatable bonds is 3. The van der Waals surface area contributed by atoms with Crippen molar-refractivity contribution in [2.75, 3.05) is 11.1 Å². The van der Waals surface area contributed by atoms with E-state index < -0.39 is 11.7 Å². The summed E-state index contributed by atoms with van der Waals surface area (Å²) in [7, 11) is 0. The van der Waals surface area contributed by atoms with Crippen LogP contribution in [0.1, 0.15) is 11.3 Å². The van der Waals surface area contributed by atoms with Crippen molar-refractivity contribution in [3.05, 3.63) is 39.5 Å². The molecular weight excluding hydrogens is 394 g/mol. The van der Waals surface area contributed by atoms with Crippen LogP contribution in [0.5, 0.6) is 0 Å². The van der Waals surface area contributed by atoms with Gasteiger partial charge in [-0.15, -0.1) is 0 Å². The summed E-state index contributed by atoms with van der Waals surface area (Å²) >= 11 is 15.1. The highest BCUT2D eigenvalue weighted by atomic mass is 79.9. The third-order valence-corrected chi connectivity index (χ3v) is 3.67. The number of aromatic nitrogens is 2. The SMILES string of the molecule is Nc1cc(CCBr)nn1-c1c(Cl)cc(C(F)(F)F)cc1Cl. The van der Waals surface area contributed by atoms with Gasteiger partial charge in [0.15, 0.2) is 0 Å². The van der Waals surface area contributed by atoms with Gasteiger partial charge in [0.05, 0.1) is 21.3 Å². The first-order chi connectivity index (χ1) is 9.74. The van der Waals surface area contributed by atoms with Crippen LogP contribution >= 0.6 is 39.1 Å². The van der Waals surface area contributed by atoms with Gasteiger partial charge in [-0.1, -0.05) is 39.1 Å². The molecule has 2 N–H and O–H groups in total. The smallest absolute Gasteiger partial charge is 0.384 e. The Balaban J connectivity index is 2.55. The normalized spacial score (nSPS) is 11.9. The lowest BCUT2D eigenvalue weighted by atomic mass is 10.2. The summed E-state index contributed by atoms with van der Waals surface area (Å²) < 4.78 is 39.3. The van der Waals surface area contributed by atoms with Crippen LogP contribution in [0.3, 0.4) is 0 Å². The molecule has 0 spiro atoms. The first kappa shape index (κ1) is 16.5. The summed E-state index contributed by atoms with van der Waals surface area (Å²) in [4.78, 5) is 0. The average molecular weight is 403 g/mol. The Hall–Kier alpha value is -0.920. The van der Waals surface area contributed by atoms with E-state index in [1.807, 2.05) is 0 Å². The van der Waals surface area contributed by atoms with Crippen LogP contribution in [-0.4, -0.2) is 15.1 Å². The van der Waals surface area contributed by atoms with Crippen molar-refractivity contribution in [3.8, 4) is 5.69 Å². The van der Waals surface area contributed by atoms with Gasteiger partial charge in [-0.25, -0.2) is 4.68 Å². The van der Waals surface area contributed by atoms with Gasteiger partial charge >= 0.3 is 6.18 Å². The number of hydrogen-bond acceptors (Lipinski definition) is 2. The van der Waals surface area contributed by atoms with Gasteiger partial charge in [-0.05, 0) is 12.1 Å². The summed E-state index contributed by atoms with van der Waals surface area (Å²) in [6.45, 7) is 0. The summed E-state index contributed by atoms with van der Waals surface area (Å²) in [6, 6.07) is 3.22. The highest BCUT2D eigenvalue weighted by Gasteiger charge is 2.32. The van der Waals surface area contributed by atoms with Gasteiger partial charge < -0.3 is 5.73 Å². The number of nitrogens with zero attached hydrogens (tertiary/aromatic N) is 2. The largest absolute Gasteiger partial charge is 0.416 e. The molecule has 0 aliphatic heterocycles. The van der Waals surface area contributed by atoms with Crippen LogP contribution in [0.4, 0.5) is 19.0 Å². The van der Waals surface area contributed by atoms with E-state index in [9.17, 15) is 13.2 Å². The highest BCUT2D eigenvalue weighted by molar-refractivity contribution is 9.09. The van der Waals surface area contributed by atoms with Crippen molar-refractivity contribution in [1.82, 2.24) is 9.78 Å². The van der Waals surface area contributed by atoms with E-state index in [0.29, 0.717) is 17.4 Å². The number of nitrogen functional groups attached to an aromatic ring is 1. The van der Waals surface area contributed by atoms with Crippen LogP contribution in [0.2, 0.25) is 10.0 Å². The monoisotopic (exact) mass is 401 g/mol. The molecule has 2 aromatic rings. The summed E-state index contributed by atoms with van der Waals surface area (Å²) in [6.07, 6.45) is -3.91. The van der Waals surface area contributed by atoms with Crippen LogP contribution in [0.25, 0.3) is 5.69 Å². The second-order valence-electron chi connectivity index (χ2n) is 4.20. The van der Waals surface area contributed by atoms with Gasteiger partial charge in [0.1, 0.15) is 11.5 Å². The van der Waals surface area contributed by atoms with Gasteiger partial charge in [-0.3, -0.25) is 0 Å². The maximum atomic E-state index is 12.7. The van der Waals surface area contributed by atoms with Crippen molar-refractivity contribution in [2.24, 2.45) is 0 Å². The van der Waals surface area contributed by atoms with E-state index in [1.54, 1.807) is 6.07 Å². The van der Waals surface area contributed by atoms with Crippen molar-refractivity contribution in [3.63, 3.8) is 0 Å². The van der Waals surface area contributed by atoms with Crippen molar-refractivity contribution in [1.29, 1.82) is 0 Å². The molecule has 0 unspecified atom stereocenters. The topological polar surface area (TPSA) is 43.8 Å². The molecule has 0 saturated carbocycles. The zero-order chi connectivity index (χ0) is 15.8. The molecule has 0 bridgehead atoms. The zero-order valence-corrected chi connectivity index (χ0v) is 13.5. The third kappa shape index (κ3) is 3.46. The lowest BCUT2D eigenvalue weighted by molar-refractivity contribution is -0.137. The number of halogens is 6. The van der Waals surface area contributed by atoms with Crippen LogP contribution < -0.4 is 5.73 Å². The standard InChI is InChI=1S/C12H9BrCl2F3N3/c13-2-1-7-5-10(19)21(20-7)11-8(14)3-6(4-9(11)15)12(16,17)18/h3-5H,1-2,19H2. The molecule has 1 aromatic carbocycles. The summed E-state index contributed by atoms with van der Waals surface area (Å²) in [5.41, 5.74) is 5.69. The minimum absolute atomic E-state index is 0.129. The molecule has 1 aromatic heterocycles. The first-order valence-corrected chi connectivity index (χ1v) is 7.58. The van der Waals surface area contributed by atoms with E-state index >= 15 is 0 Å². The molecule has 3 nitrogen and oxygen atoms in total. The Morgan fingerprint density at radius 3 is 2.24 bits per heavy atom. The molecule has 0 fully saturated rings. The van der Waals surface area contributed by atoms with E-state index in [4.69, 9.17) is 28.9 Å². The summed E-state index contributed by atoms with van der Waals surface area (Å²) in [5, 5.41) is 4.53. The van der Waals surface area contributed by atoms with E-state index in [-0.39, 0.29) is 21.6 Å². The first-order valence-electron chi connectivity index (χ1n) is 5.71. The van der Waals surface area contributed by atoms with Crippen molar-refractivity contribution in [2.45, 2.75) is 12.6 Å². The lowest BCUT2D eigenvalue weighted by Crippen LogP contribution is -2.08. The molecule has 0 aliphatic carbocycles. The molecule has 2 rings (SSSR count). The highest BCUT2D eigenvalue weighted by Crippen LogP contribution is 2.38. The fraction of sp³-hybridized carbons (Fsp3) is 0.250. The fourth-order valence-electron chi connectivity index (χ4n) is 1.78. The second-order valence-corrected chi connectivity index (χ2v) is 5.80. The predicted octanol–water partition coefficient (Wildman–Crippen LogP) is 4.72. The molecule has 0 radical (unpaired) electrons. The number of aryl methyl sites for hydroxylation is 1. The Morgan fingerprint density at radius 2 is 1.76 bits per heavy atom. The molecule has 9 heteroatoms. The molecule has 21 heavy (non-hydrogen) atoms. The Labute approximate surface area is 137 Å². The Bertz CT molecular complexity index is 647. The second kappa shape index (κ2) is 6.06. The number of hydrogen-bond donors (Lipinski definition) is 1. The van der Waals surface area contributed by atoms with Crippen LogP contribution in [0.15, 0.2) is 18.2 Å². The molecular formula is C12H9BrCl2F3N3. The molecule has 0 saturated heterocycles. The molecule has 0 atom stereocenters. The average Bonchev–Trinajstić information content (AvgIpc) is 2.69. The molecule has 0 aliphatic rings. The fourth-order valence-corrected chi connectivity index (χ4v) is 2.83. The molecule has 0 amide bonds. The van der Waals surface area contributed by atoms with Gasteiger partial charge in [0.2, 0.25) is 0 Å². The minimum Gasteiger partial charge on any atom is -0.384 e. The van der Waals surface area contributed by atoms with E-state index in [1.165, 1.54) is 4.68 Å². The third-order valence-electron chi connectivity index (χ3n) is 2.69. The number of anilines is 1. The Morgan fingerprint density at radius 1 is 1.19 bits per heavy atom. The molecule has 1 heterocycles. The minimum atomic E-state index is -4.53. The van der Waals surface area contributed by atoms with Crippen molar-refractivity contribution < 1.29 is 13.2 Å². The van der Waals surface area contributed by atoms with Gasteiger partial charge in [0.25, 0.3) is 0 Å². The quantitative estimate of drug-likeness (QED) is 0.755. The predicted molar refractivity (Wildman–Crippen MR) is 80.5 cm³/mol. The van der Waals surface area contributed by atoms with Gasteiger partial charge in [0, 0.05) is 17.8 Å². The van der Waals surface area contributed by atoms with Gasteiger partial charge in [-0.2, -0.15) is 18.3 Å².